The van der Waals surface area contributed by atoms with E-state index in [1.54, 1.807) is 6.08 Å². The summed E-state index contributed by atoms with van der Waals surface area (Å²) in [6, 6.07) is 32.3. The highest BCUT2D eigenvalue weighted by molar-refractivity contribution is 7.97. The predicted molar refractivity (Wildman–Crippen MR) is 125 cm³/mol. The van der Waals surface area contributed by atoms with Gasteiger partial charge in [-0.15, -0.1) is 0 Å². The van der Waals surface area contributed by atoms with Gasteiger partial charge in [-0.1, -0.05) is 110 Å². The van der Waals surface area contributed by atoms with Gasteiger partial charge in [0.05, 0.1) is 0 Å². The van der Waals surface area contributed by atoms with Crippen LogP contribution in [0.25, 0.3) is 0 Å². The number of hydrogen-bond acceptors (Lipinski definition) is 2. The van der Waals surface area contributed by atoms with E-state index < -0.39 is 6.89 Å². The fourth-order valence-electron chi connectivity index (χ4n) is 3.52. The first-order valence-electron chi connectivity index (χ1n) is 9.79. The highest BCUT2D eigenvalue weighted by Gasteiger charge is 2.32. The highest BCUT2D eigenvalue weighted by atomic mass is 31.2. The lowest BCUT2D eigenvalue weighted by molar-refractivity contribution is -0.108. The molecule has 3 heteroatoms. The molecule has 0 aliphatic carbocycles. The summed E-state index contributed by atoms with van der Waals surface area (Å²) in [6.07, 6.45) is 5.22. The quantitative estimate of drug-likeness (QED) is 0.432. The molecule has 29 heavy (non-hydrogen) atoms. The number of rotatable bonds is 7. The Morgan fingerprint density at radius 1 is 0.828 bits per heavy atom. The van der Waals surface area contributed by atoms with Crippen molar-refractivity contribution in [3.63, 3.8) is 0 Å². The van der Waals surface area contributed by atoms with Crippen molar-refractivity contribution in [1.29, 1.82) is 5.26 Å². The zero-order chi connectivity index (χ0) is 20.5. The van der Waals surface area contributed by atoms with Crippen LogP contribution in [0.3, 0.4) is 0 Å². The van der Waals surface area contributed by atoms with Crippen LogP contribution in [0.2, 0.25) is 0 Å². The Bertz CT molecular complexity index is 974. The van der Waals surface area contributed by atoms with Gasteiger partial charge in [0, 0.05) is 0 Å². The lowest BCUT2D eigenvalue weighted by atomic mass is 10.2. The SMILES string of the molecule is CCC/C=C/C(=O)C(C#N)=P(c1ccccc1)(c1ccccc1)c1ccccc1. The van der Waals surface area contributed by atoms with Gasteiger partial charge in [0.2, 0.25) is 0 Å². The maximum atomic E-state index is 13.3. The number of carbonyl (C=O) groups is 1. The number of carbonyl (C=O) groups excluding carboxylic acids is 1. The number of hydrogen-bond donors (Lipinski definition) is 0. The van der Waals surface area contributed by atoms with Crippen LogP contribution in [0, 0.1) is 11.3 Å². The van der Waals surface area contributed by atoms with Gasteiger partial charge in [-0.3, -0.25) is 4.79 Å². The van der Waals surface area contributed by atoms with E-state index in [-0.39, 0.29) is 5.78 Å². The summed E-state index contributed by atoms with van der Waals surface area (Å²) in [4.78, 5) is 13.3. The van der Waals surface area contributed by atoms with Gasteiger partial charge in [0.15, 0.2) is 5.78 Å². The van der Waals surface area contributed by atoms with E-state index >= 15 is 0 Å². The smallest absolute Gasteiger partial charge is 0.197 e. The van der Waals surface area contributed by atoms with Crippen molar-refractivity contribution >= 4 is 33.9 Å². The standard InChI is InChI=1S/C26H24NOP/c1-2-3-7-20-25(28)26(21-27)29(22-14-8-4-9-15-22,23-16-10-5-11-17-23)24-18-12-6-13-19-24/h4-20H,2-3H2,1H3/b20-7+. The van der Waals surface area contributed by atoms with E-state index in [1.807, 2.05) is 97.1 Å². The lowest BCUT2D eigenvalue weighted by Gasteiger charge is -2.29. The molecular weight excluding hydrogens is 373 g/mol. The van der Waals surface area contributed by atoms with Crippen LogP contribution in [-0.2, 0) is 4.79 Å². The van der Waals surface area contributed by atoms with Gasteiger partial charge >= 0.3 is 0 Å². The van der Waals surface area contributed by atoms with Crippen LogP contribution in [-0.4, -0.2) is 11.1 Å². The fourth-order valence-corrected chi connectivity index (χ4v) is 7.60. The highest BCUT2D eigenvalue weighted by Crippen LogP contribution is 2.46. The second kappa shape index (κ2) is 9.87. The minimum atomic E-state index is -2.61. The topological polar surface area (TPSA) is 40.9 Å². The minimum Gasteiger partial charge on any atom is -0.288 e. The maximum Gasteiger partial charge on any atom is 0.197 e. The first kappa shape index (κ1) is 20.6. The molecular formula is C26H24NOP. The molecule has 3 rings (SSSR count). The number of unbranched alkanes of at least 4 members (excludes halogenated alkanes) is 1. The molecule has 0 N–H and O–H groups in total. The zero-order valence-corrected chi connectivity index (χ0v) is 17.4. The van der Waals surface area contributed by atoms with Gasteiger partial charge in [0.25, 0.3) is 0 Å². The van der Waals surface area contributed by atoms with Crippen molar-refractivity contribution in [2.24, 2.45) is 0 Å². The third kappa shape index (κ3) is 4.16. The number of allylic oxidation sites excluding steroid dienone is 2. The van der Waals surface area contributed by atoms with E-state index in [9.17, 15) is 10.1 Å². The average molecular weight is 397 g/mol. The summed E-state index contributed by atoms with van der Waals surface area (Å²) in [5, 5.41) is 13.6. The summed E-state index contributed by atoms with van der Waals surface area (Å²) in [6.45, 7) is -0.545. The first-order valence-corrected chi connectivity index (χ1v) is 11.6. The van der Waals surface area contributed by atoms with Crippen molar-refractivity contribution in [1.82, 2.24) is 0 Å². The second-order valence-corrected chi connectivity index (χ2v) is 10.0. The number of benzene rings is 3. The normalized spacial score (nSPS) is 11.2. The van der Waals surface area contributed by atoms with Crippen molar-refractivity contribution in [2.75, 3.05) is 0 Å². The fraction of sp³-hybridized carbons (Fsp3) is 0.115. The first-order chi connectivity index (χ1) is 14.2. The van der Waals surface area contributed by atoms with Crippen LogP contribution in [0.5, 0.6) is 0 Å². The predicted octanol–water partition coefficient (Wildman–Crippen LogP) is 4.60. The Morgan fingerprint density at radius 3 is 1.59 bits per heavy atom. The van der Waals surface area contributed by atoms with Crippen LogP contribution < -0.4 is 15.9 Å². The Balaban J connectivity index is 2.49. The number of nitriles is 1. The van der Waals surface area contributed by atoms with Crippen molar-refractivity contribution in [2.45, 2.75) is 19.8 Å². The van der Waals surface area contributed by atoms with Crippen LogP contribution in [0.4, 0.5) is 0 Å². The van der Waals surface area contributed by atoms with E-state index in [0.29, 0.717) is 5.29 Å². The molecule has 3 aromatic rings. The van der Waals surface area contributed by atoms with E-state index in [4.69, 9.17) is 0 Å². The molecule has 2 nitrogen and oxygen atoms in total. The maximum absolute atomic E-state index is 13.3. The molecule has 3 aromatic carbocycles. The third-order valence-corrected chi connectivity index (χ3v) is 9.04. The van der Waals surface area contributed by atoms with Crippen molar-refractivity contribution in [3.8, 4) is 6.07 Å². The van der Waals surface area contributed by atoms with Gasteiger partial charge < -0.3 is 0 Å². The average Bonchev–Trinajstić information content (AvgIpc) is 2.79. The Morgan fingerprint density at radius 2 is 1.24 bits per heavy atom. The molecule has 0 aliphatic rings. The summed E-state index contributed by atoms with van der Waals surface area (Å²) in [7, 11) is 0. The van der Waals surface area contributed by atoms with Crippen molar-refractivity contribution in [3.05, 3.63) is 103 Å². The van der Waals surface area contributed by atoms with Crippen LogP contribution in [0.15, 0.2) is 103 Å². The second-order valence-electron chi connectivity index (χ2n) is 6.69. The van der Waals surface area contributed by atoms with E-state index in [2.05, 4.69) is 13.0 Å². The lowest BCUT2D eigenvalue weighted by Crippen LogP contribution is -2.32. The summed E-state index contributed by atoms with van der Waals surface area (Å²) in [5.74, 6) is -0.203. The van der Waals surface area contributed by atoms with Crippen LogP contribution in [0.1, 0.15) is 19.8 Å². The molecule has 0 radical (unpaired) electrons. The molecule has 144 valence electrons. The molecule has 0 unspecified atom stereocenters. The van der Waals surface area contributed by atoms with Gasteiger partial charge in [-0.2, -0.15) is 5.26 Å². The molecule has 0 fully saturated rings. The van der Waals surface area contributed by atoms with E-state index in [1.165, 1.54) is 0 Å². The van der Waals surface area contributed by atoms with E-state index in [0.717, 1.165) is 28.8 Å². The summed E-state index contributed by atoms with van der Waals surface area (Å²) >= 11 is 0. The molecule has 0 amide bonds. The monoisotopic (exact) mass is 397 g/mol. The molecule has 0 heterocycles. The summed E-state index contributed by atoms with van der Waals surface area (Å²) in [5.41, 5.74) is 0. The zero-order valence-electron chi connectivity index (χ0n) is 16.5. The minimum absolute atomic E-state index is 0.203. The van der Waals surface area contributed by atoms with Gasteiger partial charge in [-0.05, 0) is 35.3 Å². The van der Waals surface area contributed by atoms with Crippen LogP contribution >= 0.6 is 6.89 Å². The van der Waals surface area contributed by atoms with Gasteiger partial charge in [-0.25, -0.2) is 0 Å². The molecule has 0 aliphatic heterocycles. The molecule has 0 atom stereocenters. The Hall–Kier alpha value is -3.14. The largest absolute Gasteiger partial charge is 0.288 e. The molecule has 0 aromatic heterocycles. The molecule has 0 saturated carbocycles. The number of ketones is 1. The molecule has 0 saturated heterocycles. The Labute approximate surface area is 173 Å². The third-order valence-electron chi connectivity index (χ3n) is 4.83. The number of nitrogens with zero attached hydrogens (tertiary/aromatic N) is 1. The Kier molecular flexibility index (Phi) is 7.01. The molecule has 0 bridgehead atoms. The molecule has 0 spiro atoms. The van der Waals surface area contributed by atoms with Gasteiger partial charge in [0.1, 0.15) is 11.4 Å². The van der Waals surface area contributed by atoms with Crippen molar-refractivity contribution < 1.29 is 4.79 Å². The summed E-state index contributed by atoms with van der Waals surface area (Å²) < 4.78 is 0.